The van der Waals surface area contributed by atoms with Crippen molar-refractivity contribution < 1.29 is 13.5 Å². The van der Waals surface area contributed by atoms with Gasteiger partial charge in [0.2, 0.25) is 0 Å². The van der Waals surface area contributed by atoms with Gasteiger partial charge >= 0.3 is 0 Å². The van der Waals surface area contributed by atoms with E-state index in [1.165, 1.54) is 55.2 Å². The minimum atomic E-state index is -0.680. The van der Waals surface area contributed by atoms with Crippen LogP contribution in [0.5, 0.6) is 0 Å². The lowest BCUT2D eigenvalue weighted by Gasteiger charge is -2.48. The van der Waals surface area contributed by atoms with Gasteiger partial charge in [0.1, 0.15) is 23.6 Å². The summed E-state index contributed by atoms with van der Waals surface area (Å²) in [6, 6.07) is 6.10. The highest BCUT2D eigenvalue weighted by atomic mass is 19.1. The lowest BCUT2D eigenvalue weighted by molar-refractivity contribution is -0.0702. The maximum Gasteiger partial charge on any atom is 0.168 e. The van der Waals surface area contributed by atoms with Gasteiger partial charge in [-0.3, -0.25) is 20.9 Å². The minimum absolute atomic E-state index is 0.163. The molecule has 252 valence electrons. The van der Waals surface area contributed by atoms with Crippen LogP contribution in [0.25, 0.3) is 16.7 Å². The van der Waals surface area contributed by atoms with Gasteiger partial charge in [0.15, 0.2) is 11.5 Å². The molecule has 13 heteroatoms. The second-order valence-corrected chi connectivity index (χ2v) is 14.8. The van der Waals surface area contributed by atoms with Crippen LogP contribution in [0.15, 0.2) is 30.7 Å². The molecule has 1 saturated carbocycles. The molecule has 6 unspecified atom stereocenters. The third-order valence-corrected chi connectivity index (χ3v) is 11.9. The second-order valence-electron chi connectivity index (χ2n) is 14.8. The number of likely N-dealkylation sites (N-methyl/N-ethyl adjacent to an activating group) is 1. The van der Waals surface area contributed by atoms with E-state index in [-0.39, 0.29) is 17.9 Å². The Labute approximate surface area is 274 Å². The van der Waals surface area contributed by atoms with E-state index in [1.54, 1.807) is 6.20 Å². The van der Waals surface area contributed by atoms with Crippen molar-refractivity contribution in [3.05, 3.63) is 42.4 Å². The van der Waals surface area contributed by atoms with Crippen LogP contribution < -0.4 is 20.9 Å². The summed E-state index contributed by atoms with van der Waals surface area (Å²) in [5, 5.41) is 17.5. The molecule has 3 aromatic rings. The molecule has 47 heavy (non-hydrogen) atoms. The highest BCUT2D eigenvalue weighted by molar-refractivity contribution is 5.88. The van der Waals surface area contributed by atoms with Crippen LogP contribution in [-0.2, 0) is 4.74 Å². The predicted molar refractivity (Wildman–Crippen MR) is 174 cm³/mol. The molecule has 1 aromatic carbocycles. The Morgan fingerprint density at radius 3 is 2.72 bits per heavy atom. The lowest BCUT2D eigenvalue weighted by atomic mass is 9.74. The van der Waals surface area contributed by atoms with E-state index in [9.17, 15) is 8.78 Å². The van der Waals surface area contributed by atoms with Crippen LogP contribution in [0.4, 0.5) is 14.6 Å². The first-order chi connectivity index (χ1) is 23.0. The van der Waals surface area contributed by atoms with Crippen molar-refractivity contribution in [1.82, 2.24) is 45.5 Å². The maximum absolute atomic E-state index is 14.8. The van der Waals surface area contributed by atoms with Gasteiger partial charge in [0.25, 0.3) is 0 Å². The molecule has 9 rings (SSSR count). The van der Waals surface area contributed by atoms with Crippen molar-refractivity contribution in [3.63, 3.8) is 0 Å². The van der Waals surface area contributed by atoms with Crippen LogP contribution in [0, 0.1) is 17.6 Å². The summed E-state index contributed by atoms with van der Waals surface area (Å²) < 4.78 is 36.2. The Morgan fingerprint density at radius 2 is 1.81 bits per heavy atom. The summed E-state index contributed by atoms with van der Waals surface area (Å²) >= 11 is 0. The number of morpholine rings is 1. The molecule has 5 aliphatic heterocycles. The summed E-state index contributed by atoms with van der Waals surface area (Å²) in [4.78, 5) is 17.0. The van der Waals surface area contributed by atoms with Crippen LogP contribution in [-0.4, -0.2) is 118 Å². The van der Waals surface area contributed by atoms with Crippen molar-refractivity contribution in [3.8, 4) is 5.69 Å². The van der Waals surface area contributed by atoms with E-state index in [1.807, 2.05) is 0 Å². The number of anilines is 1. The number of nitrogens with one attached hydrogen (secondary N) is 3. The summed E-state index contributed by atoms with van der Waals surface area (Å²) in [7, 11) is 2.24. The summed E-state index contributed by atoms with van der Waals surface area (Å²) in [6.07, 6.45) is 13.4. The quantitative estimate of drug-likeness (QED) is 0.385. The molecule has 7 heterocycles. The number of ether oxygens (including phenoxy) is 1. The Bertz CT molecular complexity index is 1610. The molecule has 0 spiro atoms. The molecule has 5 saturated heterocycles. The number of nitrogens with zero attached hydrogens (tertiary/aromatic N) is 7. The van der Waals surface area contributed by atoms with E-state index in [2.05, 4.69) is 47.8 Å². The molecule has 0 radical (unpaired) electrons. The maximum atomic E-state index is 14.8. The molecule has 11 nitrogen and oxygen atoms in total. The fraction of sp³-hybridized carbons (Fsp3) is 0.676. The molecule has 6 fully saturated rings. The number of rotatable bonds is 2. The molecular weight excluding hydrogens is 602 g/mol. The largest absolute Gasteiger partial charge is 0.377 e. The molecular formula is C34H46F2N10O. The highest BCUT2D eigenvalue weighted by Gasteiger charge is 2.52. The first-order valence-electron chi connectivity index (χ1n) is 17.7. The first kappa shape index (κ1) is 30.3. The molecule has 3 N–H and O–H groups in total. The van der Waals surface area contributed by atoms with Crippen LogP contribution >= 0.6 is 0 Å². The summed E-state index contributed by atoms with van der Waals surface area (Å²) in [5.41, 5.74) is 0.672. The Hall–Kier alpha value is -2.81. The minimum Gasteiger partial charge on any atom is -0.377 e. The zero-order chi connectivity index (χ0) is 31.6. The Kier molecular flexibility index (Phi) is 7.89. The van der Waals surface area contributed by atoms with Gasteiger partial charge in [-0.2, -0.15) is 5.10 Å². The fourth-order valence-electron chi connectivity index (χ4n) is 9.97. The Morgan fingerprint density at radius 1 is 0.915 bits per heavy atom. The SMILES string of the molecule is CN1CC[C@@H]2COCC3NC4CCCC(C5CCCC(N5)N[C@H]5C[C@@H](C1)N(c1ncnc6c1cnn6-c1ccc(F)cc1F)C5)C4N32. The summed E-state index contributed by atoms with van der Waals surface area (Å²) in [5.74, 6) is 0.149. The number of piperidine rings is 1. The van der Waals surface area contributed by atoms with Gasteiger partial charge < -0.3 is 14.5 Å². The van der Waals surface area contributed by atoms with Gasteiger partial charge in [-0.15, -0.1) is 0 Å². The van der Waals surface area contributed by atoms with Gasteiger partial charge in [-0.1, -0.05) is 6.42 Å². The van der Waals surface area contributed by atoms with Crippen LogP contribution in [0.3, 0.4) is 0 Å². The standard InChI is InChI=1S/C34H46F2N10O/c1-43-11-10-22-17-47-18-31-42-28-6-2-4-24(32(28)45(22)31)27-5-3-7-30(41-27)40-21-13-23(16-43)44(15-21)33-25-14-39-46(34(25)38-19-37-33)29-9-8-20(35)12-26(29)36/h8-9,12,14,19,21-24,27-28,30-32,40-42H,2-7,10-11,13,15-18H2,1H3/t21-,22+,23-,24?,27?,28?,30?,31?,32?/m0/s1. The zero-order valence-corrected chi connectivity index (χ0v) is 27.1. The van der Waals surface area contributed by atoms with Crippen molar-refractivity contribution in [1.29, 1.82) is 0 Å². The molecule has 6 aliphatic rings. The molecule has 4 bridgehead atoms. The van der Waals surface area contributed by atoms with E-state index in [0.29, 0.717) is 47.9 Å². The van der Waals surface area contributed by atoms with E-state index in [0.717, 1.165) is 69.4 Å². The molecule has 0 amide bonds. The lowest BCUT2D eigenvalue weighted by Crippen LogP contribution is -2.62. The van der Waals surface area contributed by atoms with Gasteiger partial charge in [-0.05, 0) is 76.6 Å². The van der Waals surface area contributed by atoms with Crippen molar-refractivity contribution in [2.45, 2.75) is 99.9 Å². The van der Waals surface area contributed by atoms with E-state index in [4.69, 9.17) is 9.72 Å². The smallest absolute Gasteiger partial charge is 0.168 e. The monoisotopic (exact) mass is 648 g/mol. The van der Waals surface area contributed by atoms with Gasteiger partial charge in [-0.25, -0.2) is 23.4 Å². The molecule has 2 aromatic heterocycles. The number of hydrogen-bond acceptors (Lipinski definition) is 10. The van der Waals surface area contributed by atoms with Crippen LogP contribution in [0.2, 0.25) is 0 Å². The van der Waals surface area contributed by atoms with Gasteiger partial charge in [0.05, 0.1) is 37.1 Å². The number of halogens is 2. The van der Waals surface area contributed by atoms with Crippen molar-refractivity contribution in [2.75, 3.05) is 44.8 Å². The predicted octanol–water partition coefficient (Wildman–Crippen LogP) is 2.60. The zero-order valence-electron chi connectivity index (χ0n) is 27.1. The van der Waals surface area contributed by atoms with Gasteiger partial charge in [0, 0.05) is 55.4 Å². The summed E-state index contributed by atoms with van der Waals surface area (Å²) in [6.45, 7) is 4.29. The average molecular weight is 649 g/mol. The number of fused-ring (bicyclic) bond motifs is 6. The number of hydrogen-bond donors (Lipinski definition) is 3. The van der Waals surface area contributed by atoms with Crippen molar-refractivity contribution >= 4 is 16.9 Å². The number of benzene rings is 1. The van der Waals surface area contributed by atoms with E-state index >= 15 is 0 Å². The second kappa shape index (κ2) is 12.3. The van der Waals surface area contributed by atoms with E-state index < -0.39 is 11.6 Å². The fourth-order valence-corrected chi connectivity index (χ4v) is 9.97. The Balaban J connectivity index is 1.03. The topological polar surface area (TPSA) is 98.6 Å². The van der Waals surface area contributed by atoms with Crippen LogP contribution in [0.1, 0.15) is 51.4 Å². The van der Waals surface area contributed by atoms with Crippen molar-refractivity contribution in [2.24, 2.45) is 5.92 Å². The first-order valence-corrected chi connectivity index (χ1v) is 17.7. The normalized spacial score (nSPS) is 36.7. The highest BCUT2D eigenvalue weighted by Crippen LogP contribution is 2.41. The molecule has 9 atom stereocenters. The number of aromatic nitrogens is 4. The average Bonchev–Trinajstić information content (AvgIpc) is 3.79. The third-order valence-electron chi connectivity index (χ3n) is 11.9. The molecule has 1 aliphatic carbocycles. The third kappa shape index (κ3) is 5.43.